The summed E-state index contributed by atoms with van der Waals surface area (Å²) in [6.45, 7) is 0.698. The molecule has 2 nitrogen and oxygen atoms in total. The maximum absolute atomic E-state index is 9.48. The Morgan fingerprint density at radius 1 is 1.16 bits per heavy atom. The van der Waals surface area contributed by atoms with E-state index >= 15 is 0 Å². The number of hydrogen-bond donors (Lipinski definition) is 2. The molecule has 2 rings (SSSR count). The molecule has 2 aromatic carbocycles. The second-order valence-electron chi connectivity index (χ2n) is 4.26. The third kappa shape index (κ3) is 4.05. The second-order valence-corrected chi connectivity index (χ2v) is 5.55. The molecule has 0 aliphatic rings. The van der Waals surface area contributed by atoms with Crippen LogP contribution < -0.4 is 5.32 Å². The standard InChI is InChI=1S/C15H15BrClNO/c16-14-7-6-13(17)8-12(14)9-18-15(10-19)11-4-2-1-3-5-11/h1-8,15,18-19H,9-10H2/t15-/m1/s1. The van der Waals surface area contributed by atoms with E-state index < -0.39 is 0 Å². The second kappa shape index (κ2) is 7.06. The molecule has 0 aliphatic carbocycles. The summed E-state index contributed by atoms with van der Waals surface area (Å²) in [5.74, 6) is 0. The fourth-order valence-corrected chi connectivity index (χ4v) is 2.47. The monoisotopic (exact) mass is 339 g/mol. The van der Waals surface area contributed by atoms with Crippen LogP contribution in [0.1, 0.15) is 17.2 Å². The average molecular weight is 341 g/mol. The third-order valence-electron chi connectivity index (χ3n) is 2.93. The van der Waals surface area contributed by atoms with Crippen LogP contribution in [-0.2, 0) is 6.54 Å². The quantitative estimate of drug-likeness (QED) is 0.864. The van der Waals surface area contributed by atoms with Gasteiger partial charge < -0.3 is 10.4 Å². The molecule has 0 fully saturated rings. The Balaban J connectivity index is 2.06. The van der Waals surface area contributed by atoms with Crippen molar-refractivity contribution in [2.45, 2.75) is 12.6 Å². The molecule has 1 atom stereocenters. The fraction of sp³-hybridized carbons (Fsp3) is 0.200. The minimum Gasteiger partial charge on any atom is -0.394 e. The van der Waals surface area contributed by atoms with Gasteiger partial charge in [0.25, 0.3) is 0 Å². The number of benzene rings is 2. The van der Waals surface area contributed by atoms with Gasteiger partial charge in [0.2, 0.25) is 0 Å². The minimum absolute atomic E-state index is 0.0577. The van der Waals surface area contributed by atoms with Gasteiger partial charge in [0.1, 0.15) is 0 Å². The highest BCUT2D eigenvalue weighted by atomic mass is 79.9. The molecule has 0 amide bonds. The summed E-state index contributed by atoms with van der Waals surface area (Å²) in [7, 11) is 0. The van der Waals surface area contributed by atoms with Crippen LogP contribution in [0.15, 0.2) is 53.0 Å². The van der Waals surface area contributed by atoms with Gasteiger partial charge in [-0.3, -0.25) is 0 Å². The lowest BCUT2D eigenvalue weighted by atomic mass is 10.1. The molecule has 0 bridgehead atoms. The zero-order chi connectivity index (χ0) is 13.7. The van der Waals surface area contributed by atoms with Crippen molar-refractivity contribution < 1.29 is 5.11 Å². The number of halogens is 2. The van der Waals surface area contributed by atoms with Crippen molar-refractivity contribution in [1.29, 1.82) is 0 Å². The van der Waals surface area contributed by atoms with E-state index in [0.29, 0.717) is 11.6 Å². The van der Waals surface area contributed by atoms with Crippen LogP contribution in [0.3, 0.4) is 0 Å². The summed E-state index contributed by atoms with van der Waals surface area (Å²) in [4.78, 5) is 0. The van der Waals surface area contributed by atoms with Gasteiger partial charge in [0, 0.05) is 16.0 Å². The van der Waals surface area contributed by atoms with Crippen molar-refractivity contribution in [2.24, 2.45) is 0 Å². The van der Waals surface area contributed by atoms with Gasteiger partial charge in [-0.25, -0.2) is 0 Å². The summed E-state index contributed by atoms with van der Waals surface area (Å²) >= 11 is 9.48. The molecule has 4 heteroatoms. The fourth-order valence-electron chi connectivity index (χ4n) is 1.89. The van der Waals surface area contributed by atoms with E-state index in [9.17, 15) is 5.11 Å². The van der Waals surface area contributed by atoms with Crippen molar-refractivity contribution in [3.63, 3.8) is 0 Å². The van der Waals surface area contributed by atoms with Crippen molar-refractivity contribution in [2.75, 3.05) is 6.61 Å². The van der Waals surface area contributed by atoms with E-state index in [1.165, 1.54) is 0 Å². The maximum atomic E-state index is 9.48. The number of aliphatic hydroxyl groups is 1. The van der Waals surface area contributed by atoms with Crippen LogP contribution in [0.4, 0.5) is 0 Å². The topological polar surface area (TPSA) is 32.3 Å². The summed E-state index contributed by atoms with van der Waals surface area (Å²) in [6.07, 6.45) is 0. The Bertz CT molecular complexity index is 533. The lowest BCUT2D eigenvalue weighted by Gasteiger charge is -2.17. The molecular formula is C15H15BrClNO. The van der Waals surface area contributed by atoms with E-state index in [4.69, 9.17) is 11.6 Å². The molecule has 0 saturated carbocycles. The number of aliphatic hydroxyl groups excluding tert-OH is 1. The zero-order valence-corrected chi connectivity index (χ0v) is 12.7. The number of hydrogen-bond acceptors (Lipinski definition) is 2. The molecular weight excluding hydrogens is 326 g/mol. The van der Waals surface area contributed by atoms with E-state index in [1.807, 2.05) is 48.5 Å². The molecule has 2 aromatic rings. The van der Waals surface area contributed by atoms with Gasteiger partial charge in [0.05, 0.1) is 12.6 Å². The van der Waals surface area contributed by atoms with Gasteiger partial charge in [-0.1, -0.05) is 57.9 Å². The molecule has 0 heterocycles. The van der Waals surface area contributed by atoms with E-state index in [2.05, 4.69) is 21.2 Å². The van der Waals surface area contributed by atoms with E-state index in [1.54, 1.807) is 0 Å². The van der Waals surface area contributed by atoms with Gasteiger partial charge in [-0.05, 0) is 29.3 Å². The molecule has 0 radical (unpaired) electrons. The van der Waals surface area contributed by atoms with Gasteiger partial charge >= 0.3 is 0 Å². The number of rotatable bonds is 5. The first-order valence-electron chi connectivity index (χ1n) is 6.04. The molecule has 0 unspecified atom stereocenters. The van der Waals surface area contributed by atoms with Gasteiger partial charge in [0.15, 0.2) is 0 Å². The SMILES string of the molecule is OC[C@@H](NCc1cc(Cl)ccc1Br)c1ccccc1. The van der Waals surface area contributed by atoms with Gasteiger partial charge in [-0.15, -0.1) is 0 Å². The van der Waals surface area contributed by atoms with Crippen LogP contribution in [0.25, 0.3) is 0 Å². The van der Waals surface area contributed by atoms with E-state index in [-0.39, 0.29) is 12.6 Å². The molecule has 19 heavy (non-hydrogen) atoms. The Morgan fingerprint density at radius 2 is 1.89 bits per heavy atom. The van der Waals surface area contributed by atoms with Gasteiger partial charge in [-0.2, -0.15) is 0 Å². The largest absolute Gasteiger partial charge is 0.394 e. The Labute approximate surface area is 126 Å². The summed E-state index contributed by atoms with van der Waals surface area (Å²) < 4.78 is 1.01. The molecule has 0 spiro atoms. The smallest absolute Gasteiger partial charge is 0.0626 e. The van der Waals surface area contributed by atoms with Crippen LogP contribution in [0.2, 0.25) is 5.02 Å². The van der Waals surface area contributed by atoms with Crippen molar-refractivity contribution in [3.05, 3.63) is 69.2 Å². The summed E-state index contributed by atoms with van der Waals surface area (Å²) in [5, 5.41) is 13.5. The highest BCUT2D eigenvalue weighted by Crippen LogP contribution is 2.22. The predicted molar refractivity (Wildman–Crippen MR) is 82.3 cm³/mol. The van der Waals surface area contributed by atoms with Crippen LogP contribution in [-0.4, -0.2) is 11.7 Å². The lowest BCUT2D eigenvalue weighted by molar-refractivity contribution is 0.243. The Morgan fingerprint density at radius 3 is 2.58 bits per heavy atom. The maximum Gasteiger partial charge on any atom is 0.0626 e. The first-order chi connectivity index (χ1) is 9.20. The van der Waals surface area contributed by atoms with Crippen molar-refractivity contribution >= 4 is 27.5 Å². The first-order valence-corrected chi connectivity index (χ1v) is 7.21. The molecule has 0 aromatic heterocycles. The Hall–Kier alpha value is -0.870. The molecule has 0 aliphatic heterocycles. The highest BCUT2D eigenvalue weighted by Gasteiger charge is 2.10. The minimum atomic E-state index is -0.0768. The lowest BCUT2D eigenvalue weighted by Crippen LogP contribution is -2.24. The van der Waals surface area contributed by atoms with Crippen molar-refractivity contribution in [3.8, 4) is 0 Å². The third-order valence-corrected chi connectivity index (χ3v) is 3.94. The Kier molecular flexibility index (Phi) is 5.40. The molecule has 0 saturated heterocycles. The first kappa shape index (κ1) is 14.5. The summed E-state index contributed by atoms with van der Waals surface area (Å²) in [6, 6.07) is 15.5. The van der Waals surface area contributed by atoms with Crippen LogP contribution in [0.5, 0.6) is 0 Å². The van der Waals surface area contributed by atoms with E-state index in [0.717, 1.165) is 15.6 Å². The molecule has 2 N–H and O–H groups in total. The highest BCUT2D eigenvalue weighted by molar-refractivity contribution is 9.10. The van der Waals surface area contributed by atoms with Crippen LogP contribution >= 0.6 is 27.5 Å². The molecule has 100 valence electrons. The van der Waals surface area contributed by atoms with Crippen molar-refractivity contribution in [1.82, 2.24) is 5.32 Å². The predicted octanol–water partition coefficient (Wildman–Crippen LogP) is 3.93. The van der Waals surface area contributed by atoms with Crippen LogP contribution in [0, 0.1) is 0 Å². The normalized spacial score (nSPS) is 12.4. The summed E-state index contributed by atoms with van der Waals surface area (Å²) in [5.41, 5.74) is 2.14. The average Bonchev–Trinajstić information content (AvgIpc) is 2.44. The zero-order valence-electron chi connectivity index (χ0n) is 10.3. The number of nitrogens with one attached hydrogen (secondary N) is 1.